The highest BCUT2D eigenvalue weighted by atomic mass is 16.5. The van der Waals surface area contributed by atoms with Crippen molar-refractivity contribution in [2.24, 2.45) is 11.3 Å². The van der Waals surface area contributed by atoms with Gasteiger partial charge in [0.05, 0.1) is 6.61 Å². The van der Waals surface area contributed by atoms with Crippen LogP contribution in [-0.4, -0.2) is 19.5 Å². The van der Waals surface area contributed by atoms with Crippen molar-refractivity contribution >= 4 is 6.29 Å². The van der Waals surface area contributed by atoms with Crippen LogP contribution in [0, 0.1) is 11.3 Å². The second-order valence-electron chi connectivity index (χ2n) is 4.30. The van der Waals surface area contributed by atoms with Crippen LogP contribution in [-0.2, 0) is 9.53 Å². The first-order chi connectivity index (χ1) is 6.22. The van der Waals surface area contributed by atoms with Gasteiger partial charge < -0.3 is 9.53 Å². The van der Waals surface area contributed by atoms with Crippen molar-refractivity contribution in [3.8, 4) is 0 Å². The summed E-state index contributed by atoms with van der Waals surface area (Å²) >= 11 is 0. The summed E-state index contributed by atoms with van der Waals surface area (Å²) < 4.78 is 5.37. The van der Waals surface area contributed by atoms with Gasteiger partial charge in [0.1, 0.15) is 6.29 Å². The van der Waals surface area contributed by atoms with E-state index in [1.54, 1.807) is 0 Å². The van der Waals surface area contributed by atoms with Crippen LogP contribution in [0.25, 0.3) is 0 Å². The number of carbonyl (C=O) groups excluding carboxylic acids is 1. The second-order valence-corrected chi connectivity index (χ2v) is 4.30. The molecular formula is C11H20O2. The molecule has 1 fully saturated rings. The fourth-order valence-corrected chi connectivity index (χ4v) is 1.94. The van der Waals surface area contributed by atoms with Gasteiger partial charge in [0, 0.05) is 12.0 Å². The van der Waals surface area contributed by atoms with E-state index in [1.807, 2.05) is 6.92 Å². The molecule has 1 aliphatic rings. The van der Waals surface area contributed by atoms with E-state index >= 15 is 0 Å². The van der Waals surface area contributed by atoms with Crippen LogP contribution in [0.2, 0.25) is 0 Å². The molecule has 0 radical (unpaired) electrons. The summed E-state index contributed by atoms with van der Waals surface area (Å²) in [6, 6.07) is 0. The zero-order chi connectivity index (χ0) is 9.73. The Hall–Kier alpha value is -0.370. The largest absolute Gasteiger partial charge is 0.381 e. The van der Waals surface area contributed by atoms with Gasteiger partial charge in [-0.2, -0.15) is 0 Å². The Balaban J connectivity index is 2.45. The minimum Gasteiger partial charge on any atom is -0.381 e. The SMILES string of the molecule is CCOCC1(C=O)CCC(C)CC1. The number of hydrogen-bond acceptors (Lipinski definition) is 2. The number of aldehydes is 1. The highest BCUT2D eigenvalue weighted by Crippen LogP contribution is 2.37. The Bertz CT molecular complexity index is 152. The third-order valence-electron chi connectivity index (χ3n) is 3.11. The first-order valence-corrected chi connectivity index (χ1v) is 5.26. The predicted octanol–water partition coefficient (Wildman–Crippen LogP) is 2.42. The molecule has 0 aliphatic heterocycles. The normalized spacial score (nSPS) is 34.5. The van der Waals surface area contributed by atoms with E-state index < -0.39 is 0 Å². The molecule has 0 saturated heterocycles. The van der Waals surface area contributed by atoms with Crippen molar-refractivity contribution in [3.63, 3.8) is 0 Å². The smallest absolute Gasteiger partial charge is 0.128 e. The molecule has 0 N–H and O–H groups in total. The lowest BCUT2D eigenvalue weighted by Gasteiger charge is -2.34. The topological polar surface area (TPSA) is 26.3 Å². The Morgan fingerprint density at radius 3 is 2.54 bits per heavy atom. The maximum Gasteiger partial charge on any atom is 0.128 e. The Morgan fingerprint density at radius 2 is 2.08 bits per heavy atom. The van der Waals surface area contributed by atoms with Crippen molar-refractivity contribution < 1.29 is 9.53 Å². The van der Waals surface area contributed by atoms with Crippen molar-refractivity contribution in [2.45, 2.75) is 39.5 Å². The highest BCUT2D eigenvalue weighted by Gasteiger charge is 2.33. The third-order valence-corrected chi connectivity index (χ3v) is 3.11. The molecular weight excluding hydrogens is 164 g/mol. The lowest BCUT2D eigenvalue weighted by Crippen LogP contribution is -2.33. The molecule has 0 spiro atoms. The minimum absolute atomic E-state index is 0.150. The average molecular weight is 184 g/mol. The molecule has 0 amide bonds. The maximum atomic E-state index is 11.0. The van der Waals surface area contributed by atoms with Crippen LogP contribution in [0.3, 0.4) is 0 Å². The van der Waals surface area contributed by atoms with Crippen LogP contribution >= 0.6 is 0 Å². The Labute approximate surface area is 80.7 Å². The van der Waals surface area contributed by atoms with Gasteiger partial charge >= 0.3 is 0 Å². The number of ether oxygens (including phenoxy) is 1. The molecule has 0 aromatic rings. The maximum absolute atomic E-state index is 11.0. The van der Waals surface area contributed by atoms with E-state index in [-0.39, 0.29) is 5.41 Å². The van der Waals surface area contributed by atoms with Crippen molar-refractivity contribution in [1.82, 2.24) is 0 Å². The molecule has 0 bridgehead atoms. The van der Waals surface area contributed by atoms with E-state index in [4.69, 9.17) is 4.74 Å². The van der Waals surface area contributed by atoms with Gasteiger partial charge in [-0.15, -0.1) is 0 Å². The molecule has 0 atom stereocenters. The molecule has 0 aromatic carbocycles. The van der Waals surface area contributed by atoms with Gasteiger partial charge in [0.2, 0.25) is 0 Å². The second kappa shape index (κ2) is 4.75. The zero-order valence-electron chi connectivity index (χ0n) is 8.71. The fraction of sp³-hybridized carbons (Fsp3) is 0.909. The molecule has 1 aliphatic carbocycles. The molecule has 1 saturated carbocycles. The standard InChI is InChI=1S/C11H20O2/c1-3-13-9-11(8-12)6-4-10(2)5-7-11/h8,10H,3-7,9H2,1-2H3. The fourth-order valence-electron chi connectivity index (χ4n) is 1.94. The number of carbonyl (C=O) groups is 1. The van der Waals surface area contributed by atoms with E-state index in [1.165, 1.54) is 12.8 Å². The van der Waals surface area contributed by atoms with Gasteiger partial charge in [-0.05, 0) is 38.5 Å². The first kappa shape index (κ1) is 10.7. The van der Waals surface area contributed by atoms with Gasteiger partial charge in [0.25, 0.3) is 0 Å². The average Bonchev–Trinajstić information content (AvgIpc) is 2.18. The van der Waals surface area contributed by atoms with Crippen molar-refractivity contribution in [1.29, 1.82) is 0 Å². The molecule has 13 heavy (non-hydrogen) atoms. The summed E-state index contributed by atoms with van der Waals surface area (Å²) in [4.78, 5) is 11.0. The van der Waals surface area contributed by atoms with Gasteiger partial charge in [-0.1, -0.05) is 6.92 Å². The Morgan fingerprint density at radius 1 is 1.46 bits per heavy atom. The molecule has 76 valence electrons. The Kier molecular flexibility index (Phi) is 3.91. The lowest BCUT2D eigenvalue weighted by atomic mass is 9.72. The van der Waals surface area contributed by atoms with Crippen LogP contribution in [0.1, 0.15) is 39.5 Å². The van der Waals surface area contributed by atoms with Gasteiger partial charge in [-0.25, -0.2) is 0 Å². The van der Waals surface area contributed by atoms with Gasteiger partial charge in [0.15, 0.2) is 0 Å². The molecule has 2 heteroatoms. The molecule has 2 nitrogen and oxygen atoms in total. The quantitative estimate of drug-likeness (QED) is 0.627. The van der Waals surface area contributed by atoms with Crippen LogP contribution in [0.15, 0.2) is 0 Å². The van der Waals surface area contributed by atoms with Gasteiger partial charge in [-0.3, -0.25) is 0 Å². The number of rotatable bonds is 4. The van der Waals surface area contributed by atoms with E-state index in [2.05, 4.69) is 6.92 Å². The molecule has 0 heterocycles. The van der Waals surface area contributed by atoms with E-state index in [9.17, 15) is 4.79 Å². The summed E-state index contributed by atoms with van der Waals surface area (Å²) in [5, 5.41) is 0. The monoisotopic (exact) mass is 184 g/mol. The number of hydrogen-bond donors (Lipinski definition) is 0. The highest BCUT2D eigenvalue weighted by molar-refractivity contribution is 5.59. The van der Waals surface area contributed by atoms with Crippen molar-refractivity contribution in [2.75, 3.05) is 13.2 Å². The van der Waals surface area contributed by atoms with Crippen LogP contribution < -0.4 is 0 Å². The minimum atomic E-state index is -0.150. The first-order valence-electron chi connectivity index (χ1n) is 5.26. The summed E-state index contributed by atoms with van der Waals surface area (Å²) in [7, 11) is 0. The zero-order valence-corrected chi connectivity index (χ0v) is 8.71. The molecule has 0 aromatic heterocycles. The lowest BCUT2D eigenvalue weighted by molar-refractivity contribution is -0.122. The van der Waals surface area contributed by atoms with Crippen LogP contribution in [0.5, 0.6) is 0 Å². The predicted molar refractivity (Wildman–Crippen MR) is 52.6 cm³/mol. The van der Waals surface area contributed by atoms with E-state index in [0.717, 1.165) is 25.0 Å². The summed E-state index contributed by atoms with van der Waals surface area (Å²) in [6.45, 7) is 5.57. The van der Waals surface area contributed by atoms with Crippen LogP contribution in [0.4, 0.5) is 0 Å². The molecule has 1 rings (SSSR count). The summed E-state index contributed by atoms with van der Waals surface area (Å²) in [5.74, 6) is 0.787. The molecule has 0 unspecified atom stereocenters. The van der Waals surface area contributed by atoms with Crippen molar-refractivity contribution in [3.05, 3.63) is 0 Å². The summed E-state index contributed by atoms with van der Waals surface area (Å²) in [5.41, 5.74) is -0.150. The summed E-state index contributed by atoms with van der Waals surface area (Å²) in [6.07, 6.45) is 5.49. The van der Waals surface area contributed by atoms with E-state index in [0.29, 0.717) is 13.2 Å². The third kappa shape index (κ3) is 2.80.